The number of esters is 1. The first-order valence-electron chi connectivity index (χ1n) is 14.8. The Labute approximate surface area is 239 Å². The highest BCUT2D eigenvalue weighted by molar-refractivity contribution is 6.18. The van der Waals surface area contributed by atoms with Gasteiger partial charge in [0, 0.05) is 42.4 Å². The maximum Gasteiger partial charge on any atom is 0.310 e. The first kappa shape index (κ1) is 28.3. The van der Waals surface area contributed by atoms with Crippen LogP contribution in [0.25, 0.3) is 0 Å². The zero-order chi connectivity index (χ0) is 27.1. The Morgan fingerprint density at radius 1 is 0.947 bits per heavy atom. The molecule has 0 radical (unpaired) electrons. The van der Waals surface area contributed by atoms with Gasteiger partial charge in [-0.15, -0.1) is 23.2 Å². The SMILES string of the molecule is C[C@@]12CC[C@H]3[C@@H]4CCC(=O)[C@@]4(C)CC[C@@H]3[C@@]1(C)CC[C@H](OC(=O)Cc1ccc(N(CCCl)CCCl)cc1)C2. The summed E-state index contributed by atoms with van der Waals surface area (Å²) in [5, 5.41) is 0. The largest absolute Gasteiger partial charge is 0.462 e. The lowest BCUT2D eigenvalue weighted by molar-refractivity contribution is -0.182. The van der Waals surface area contributed by atoms with E-state index < -0.39 is 0 Å². The highest BCUT2D eigenvalue weighted by Gasteiger charge is 2.63. The van der Waals surface area contributed by atoms with Crippen molar-refractivity contribution in [2.75, 3.05) is 29.7 Å². The van der Waals surface area contributed by atoms with Gasteiger partial charge in [0.25, 0.3) is 0 Å². The number of ether oxygens (including phenoxy) is 1. The number of carbonyl (C=O) groups excluding carboxylic acids is 2. The fourth-order valence-corrected chi connectivity index (χ4v) is 9.66. The van der Waals surface area contributed by atoms with E-state index in [1.54, 1.807) is 0 Å². The number of carbonyl (C=O) groups is 2. The van der Waals surface area contributed by atoms with Crippen LogP contribution in [-0.4, -0.2) is 42.7 Å². The van der Waals surface area contributed by atoms with Crippen LogP contribution in [-0.2, 0) is 20.7 Å². The average Bonchev–Trinajstić information content (AvgIpc) is 3.19. The maximum atomic E-state index is 13.0. The molecule has 38 heavy (non-hydrogen) atoms. The summed E-state index contributed by atoms with van der Waals surface area (Å²) in [5.74, 6) is 3.45. The molecule has 4 saturated carbocycles. The standard InChI is InChI=1S/C32H45Cl2NO3/c1-30-13-11-25-26-8-9-28(36)31(26,2)14-12-27(25)32(30,3)15-10-24(21-30)38-29(37)20-22-4-6-23(7-5-22)35(18-16-33)19-17-34/h4-7,24-27H,8-21H2,1-3H3/t24-,25-,26-,27-,30-,31-,32+/m0/s1. The van der Waals surface area contributed by atoms with Crippen LogP contribution in [0, 0.1) is 34.0 Å². The average molecular weight is 563 g/mol. The predicted octanol–water partition coefficient (Wildman–Crippen LogP) is 7.43. The normalized spacial score (nSPS) is 38.2. The van der Waals surface area contributed by atoms with Gasteiger partial charge in [0.15, 0.2) is 0 Å². The fourth-order valence-electron chi connectivity index (χ4n) is 9.25. The number of Topliss-reactive ketones (excluding diaryl/α,β-unsaturated/α-hetero) is 1. The Kier molecular flexibility index (Phi) is 8.15. The monoisotopic (exact) mass is 561 g/mol. The van der Waals surface area contributed by atoms with Gasteiger partial charge in [0.2, 0.25) is 0 Å². The number of rotatable bonds is 8. The second kappa shape index (κ2) is 11.0. The number of benzene rings is 1. The molecule has 4 fully saturated rings. The summed E-state index contributed by atoms with van der Waals surface area (Å²) in [6.45, 7) is 8.74. The van der Waals surface area contributed by atoms with Gasteiger partial charge in [-0.05, 0) is 97.6 Å². The quantitative estimate of drug-likeness (QED) is 0.244. The van der Waals surface area contributed by atoms with Gasteiger partial charge in [0.05, 0.1) is 6.42 Å². The molecule has 1 aromatic carbocycles. The van der Waals surface area contributed by atoms with Gasteiger partial charge >= 0.3 is 5.97 Å². The van der Waals surface area contributed by atoms with Gasteiger partial charge in [0.1, 0.15) is 11.9 Å². The third kappa shape index (κ3) is 4.91. The van der Waals surface area contributed by atoms with Crippen molar-refractivity contribution in [3.8, 4) is 0 Å². The van der Waals surface area contributed by atoms with Crippen LogP contribution < -0.4 is 4.90 Å². The van der Waals surface area contributed by atoms with Crippen LogP contribution in [0.15, 0.2) is 24.3 Å². The molecule has 4 aliphatic rings. The second-order valence-electron chi connectivity index (χ2n) is 13.4. The van der Waals surface area contributed by atoms with Gasteiger partial charge < -0.3 is 9.64 Å². The summed E-state index contributed by atoms with van der Waals surface area (Å²) in [4.78, 5) is 27.9. The Morgan fingerprint density at radius 2 is 1.66 bits per heavy atom. The third-order valence-corrected chi connectivity index (χ3v) is 12.0. The Balaban J connectivity index is 1.20. The van der Waals surface area contributed by atoms with E-state index in [4.69, 9.17) is 27.9 Å². The smallest absolute Gasteiger partial charge is 0.310 e. The summed E-state index contributed by atoms with van der Waals surface area (Å²) in [6.07, 6.45) is 9.88. The molecule has 4 nitrogen and oxygen atoms in total. The van der Waals surface area contributed by atoms with E-state index in [0.717, 1.165) is 62.9 Å². The minimum atomic E-state index is -0.125. The van der Waals surface area contributed by atoms with Crippen molar-refractivity contribution in [1.29, 1.82) is 0 Å². The molecular weight excluding hydrogens is 517 g/mol. The van der Waals surface area contributed by atoms with Crippen LogP contribution in [0.4, 0.5) is 5.69 Å². The fraction of sp³-hybridized carbons (Fsp3) is 0.750. The molecule has 0 heterocycles. The molecule has 0 saturated heterocycles. The van der Waals surface area contributed by atoms with Crippen LogP contribution in [0.1, 0.15) is 84.1 Å². The number of anilines is 1. The second-order valence-corrected chi connectivity index (χ2v) is 14.1. The molecule has 6 heteroatoms. The summed E-state index contributed by atoms with van der Waals surface area (Å²) in [6, 6.07) is 8.11. The number of fused-ring (bicyclic) bond motifs is 5. The zero-order valence-electron chi connectivity index (χ0n) is 23.4. The van der Waals surface area contributed by atoms with Crippen LogP contribution >= 0.6 is 23.2 Å². The summed E-state index contributed by atoms with van der Waals surface area (Å²) >= 11 is 11.9. The molecule has 0 spiro atoms. The Hall–Kier alpha value is -1.26. The highest BCUT2D eigenvalue weighted by Crippen LogP contribution is 2.69. The molecule has 5 rings (SSSR count). The first-order chi connectivity index (χ1) is 18.1. The van der Waals surface area contributed by atoms with E-state index in [0.29, 0.717) is 41.7 Å². The van der Waals surface area contributed by atoms with E-state index in [2.05, 4.69) is 25.7 Å². The number of ketones is 1. The van der Waals surface area contributed by atoms with E-state index >= 15 is 0 Å². The summed E-state index contributed by atoms with van der Waals surface area (Å²) < 4.78 is 6.12. The first-order valence-corrected chi connectivity index (χ1v) is 15.9. The van der Waals surface area contributed by atoms with Crippen LogP contribution in [0.3, 0.4) is 0 Å². The van der Waals surface area contributed by atoms with Crippen LogP contribution in [0.2, 0.25) is 0 Å². The van der Waals surface area contributed by atoms with E-state index in [1.807, 2.05) is 24.3 Å². The Bertz CT molecular complexity index is 1020. The van der Waals surface area contributed by atoms with Crippen molar-refractivity contribution >= 4 is 40.6 Å². The lowest BCUT2D eigenvalue weighted by Crippen LogP contribution is -2.58. The number of hydrogen-bond acceptors (Lipinski definition) is 4. The van der Waals surface area contributed by atoms with Gasteiger partial charge in [-0.25, -0.2) is 0 Å². The molecular formula is C32H45Cl2NO3. The number of nitrogens with zero attached hydrogens (tertiary/aromatic N) is 1. The highest BCUT2D eigenvalue weighted by atomic mass is 35.5. The molecule has 4 aliphatic carbocycles. The topological polar surface area (TPSA) is 46.6 Å². The van der Waals surface area contributed by atoms with Crippen molar-refractivity contribution in [2.24, 2.45) is 34.0 Å². The molecule has 0 aromatic heterocycles. The van der Waals surface area contributed by atoms with E-state index in [-0.39, 0.29) is 28.3 Å². The van der Waals surface area contributed by atoms with Gasteiger partial charge in [-0.1, -0.05) is 32.9 Å². The van der Waals surface area contributed by atoms with E-state index in [1.165, 1.54) is 19.3 Å². The molecule has 7 atom stereocenters. The molecule has 0 N–H and O–H groups in total. The molecule has 0 aliphatic heterocycles. The minimum absolute atomic E-state index is 0.00115. The zero-order valence-corrected chi connectivity index (χ0v) is 25.0. The van der Waals surface area contributed by atoms with Crippen molar-refractivity contribution in [2.45, 2.75) is 91.1 Å². The summed E-state index contributed by atoms with van der Waals surface area (Å²) in [7, 11) is 0. The third-order valence-electron chi connectivity index (χ3n) is 11.7. The summed E-state index contributed by atoms with van der Waals surface area (Å²) in [5.41, 5.74) is 2.43. The molecule has 0 bridgehead atoms. The number of hydrogen-bond donors (Lipinski definition) is 0. The maximum absolute atomic E-state index is 13.0. The van der Waals surface area contributed by atoms with Crippen molar-refractivity contribution in [3.05, 3.63) is 29.8 Å². The minimum Gasteiger partial charge on any atom is -0.462 e. The van der Waals surface area contributed by atoms with Crippen molar-refractivity contribution in [1.82, 2.24) is 0 Å². The number of halogens is 2. The van der Waals surface area contributed by atoms with Crippen LogP contribution in [0.5, 0.6) is 0 Å². The molecule has 1 aromatic rings. The number of alkyl halides is 2. The molecule has 210 valence electrons. The van der Waals surface area contributed by atoms with Gasteiger partial charge in [-0.3, -0.25) is 9.59 Å². The van der Waals surface area contributed by atoms with E-state index in [9.17, 15) is 9.59 Å². The Morgan fingerprint density at radius 3 is 2.34 bits per heavy atom. The lowest BCUT2D eigenvalue weighted by Gasteiger charge is -2.64. The predicted molar refractivity (Wildman–Crippen MR) is 155 cm³/mol. The molecule has 0 unspecified atom stereocenters. The van der Waals surface area contributed by atoms with Gasteiger partial charge in [-0.2, -0.15) is 0 Å². The molecule has 0 amide bonds. The van der Waals surface area contributed by atoms with Crippen molar-refractivity contribution in [3.63, 3.8) is 0 Å². The lowest BCUT2D eigenvalue weighted by atomic mass is 9.40. The van der Waals surface area contributed by atoms with Crippen molar-refractivity contribution < 1.29 is 14.3 Å².